The normalized spacial score (nSPS) is 23.9. The molecule has 2 unspecified atom stereocenters. The quantitative estimate of drug-likeness (QED) is 0.612. The zero-order valence-electron chi connectivity index (χ0n) is 11.5. The van der Waals surface area contributed by atoms with Crippen LogP contribution in [0.3, 0.4) is 0 Å². The Morgan fingerprint density at radius 1 is 1.28 bits per heavy atom. The first-order chi connectivity index (χ1) is 8.54. The van der Waals surface area contributed by atoms with Crippen molar-refractivity contribution in [1.82, 2.24) is 0 Å². The van der Waals surface area contributed by atoms with E-state index in [-0.39, 0.29) is 18.5 Å². The highest BCUT2D eigenvalue weighted by Crippen LogP contribution is 2.42. The van der Waals surface area contributed by atoms with Crippen molar-refractivity contribution in [3.8, 4) is 0 Å². The number of hydrogen-bond acceptors (Lipinski definition) is 1. The molecule has 2 atom stereocenters. The van der Waals surface area contributed by atoms with E-state index in [2.05, 4.69) is 26.8 Å². The van der Waals surface area contributed by atoms with Crippen molar-refractivity contribution in [1.29, 1.82) is 0 Å². The van der Waals surface area contributed by atoms with Gasteiger partial charge < -0.3 is 5.73 Å². The molecule has 0 saturated heterocycles. The molecule has 0 radical (unpaired) electrons. The third-order valence-corrected chi connectivity index (χ3v) is 4.27. The molecule has 2 heteroatoms. The van der Waals surface area contributed by atoms with Gasteiger partial charge in [-0.25, -0.2) is 0 Å². The number of nitrogen functional groups attached to an aromatic ring is 1. The van der Waals surface area contributed by atoms with Gasteiger partial charge in [0, 0.05) is 5.69 Å². The molecule has 98 valence electrons. The predicted octanol–water partition coefficient (Wildman–Crippen LogP) is 4.30. The van der Waals surface area contributed by atoms with Crippen LogP contribution in [-0.2, 0) is 0 Å². The van der Waals surface area contributed by atoms with Gasteiger partial charge in [-0.3, -0.25) is 4.39 Å². The van der Waals surface area contributed by atoms with Gasteiger partial charge in [-0.1, -0.05) is 17.7 Å². The molecule has 0 fully saturated rings. The van der Waals surface area contributed by atoms with E-state index in [1.165, 1.54) is 22.3 Å². The average Bonchev–Trinajstić information content (AvgIpc) is 2.35. The zero-order chi connectivity index (χ0) is 13.3. The number of aryl methyl sites for hydroxylation is 1. The topological polar surface area (TPSA) is 26.0 Å². The van der Waals surface area contributed by atoms with Crippen molar-refractivity contribution in [2.45, 2.75) is 39.5 Å². The van der Waals surface area contributed by atoms with E-state index in [0.29, 0.717) is 0 Å². The summed E-state index contributed by atoms with van der Waals surface area (Å²) in [6.07, 6.45) is 3.94. The highest BCUT2D eigenvalue weighted by Gasteiger charge is 2.29. The summed E-state index contributed by atoms with van der Waals surface area (Å²) in [6, 6.07) is 4.00. The van der Waals surface area contributed by atoms with Crippen LogP contribution in [0, 0.1) is 19.8 Å². The maximum Gasteiger partial charge on any atom is 0.0931 e. The number of benzene rings is 1. The zero-order valence-corrected chi connectivity index (χ0v) is 11.5. The van der Waals surface area contributed by atoms with E-state index in [1.807, 2.05) is 12.1 Å². The first-order valence-corrected chi connectivity index (χ1v) is 6.61. The lowest BCUT2D eigenvalue weighted by Gasteiger charge is -2.31. The van der Waals surface area contributed by atoms with Crippen LogP contribution < -0.4 is 5.73 Å². The Balaban J connectivity index is 2.47. The maximum absolute atomic E-state index is 13.2. The summed E-state index contributed by atoms with van der Waals surface area (Å²) >= 11 is 0. The molecule has 2 rings (SSSR count). The Labute approximate surface area is 109 Å². The highest BCUT2D eigenvalue weighted by atomic mass is 19.1. The van der Waals surface area contributed by atoms with Gasteiger partial charge in [0.2, 0.25) is 0 Å². The van der Waals surface area contributed by atoms with E-state index in [0.717, 1.165) is 18.5 Å². The fraction of sp³-hybridized carbons (Fsp3) is 0.500. The fourth-order valence-corrected chi connectivity index (χ4v) is 2.97. The van der Waals surface area contributed by atoms with Gasteiger partial charge in [0.05, 0.1) is 6.67 Å². The third kappa shape index (κ3) is 2.29. The first kappa shape index (κ1) is 13.1. The predicted molar refractivity (Wildman–Crippen MR) is 75.5 cm³/mol. The van der Waals surface area contributed by atoms with Crippen LogP contribution in [0.5, 0.6) is 0 Å². The number of anilines is 1. The lowest BCUT2D eigenvalue weighted by molar-refractivity contribution is 0.302. The summed E-state index contributed by atoms with van der Waals surface area (Å²) in [5, 5.41) is 0. The number of alkyl halides is 1. The Morgan fingerprint density at radius 2 is 2.00 bits per heavy atom. The third-order valence-electron chi connectivity index (χ3n) is 4.27. The summed E-state index contributed by atoms with van der Waals surface area (Å²) in [5.41, 5.74) is 12.0. The number of rotatable bonds is 2. The van der Waals surface area contributed by atoms with Gasteiger partial charge in [0.1, 0.15) is 0 Å². The van der Waals surface area contributed by atoms with Crippen LogP contribution in [0.2, 0.25) is 0 Å². The smallest absolute Gasteiger partial charge is 0.0931 e. The van der Waals surface area contributed by atoms with E-state index in [4.69, 9.17) is 5.73 Å². The molecule has 1 aliphatic rings. The molecule has 1 aromatic carbocycles. The Kier molecular flexibility index (Phi) is 3.74. The van der Waals surface area contributed by atoms with Crippen LogP contribution in [0.4, 0.5) is 10.1 Å². The van der Waals surface area contributed by atoms with Crippen LogP contribution >= 0.6 is 0 Å². The number of hydrogen-bond donors (Lipinski definition) is 1. The average molecular weight is 247 g/mol. The molecule has 0 aliphatic heterocycles. The minimum atomic E-state index is -0.263. The molecule has 0 heterocycles. The summed E-state index contributed by atoms with van der Waals surface area (Å²) in [4.78, 5) is 0. The van der Waals surface area contributed by atoms with Crippen molar-refractivity contribution in [2.24, 2.45) is 5.92 Å². The van der Waals surface area contributed by atoms with Gasteiger partial charge in [-0.05, 0) is 68.2 Å². The number of allylic oxidation sites excluding steroid dienone is 2. The lowest BCUT2D eigenvalue weighted by Crippen LogP contribution is -2.21. The molecular formula is C16H22FN. The van der Waals surface area contributed by atoms with Crippen LogP contribution in [0.1, 0.15) is 42.4 Å². The first-order valence-electron chi connectivity index (χ1n) is 6.61. The van der Waals surface area contributed by atoms with Gasteiger partial charge in [0.15, 0.2) is 0 Å². The molecule has 0 amide bonds. The van der Waals surface area contributed by atoms with Crippen molar-refractivity contribution < 1.29 is 4.39 Å². The van der Waals surface area contributed by atoms with E-state index in [9.17, 15) is 4.39 Å². The second kappa shape index (κ2) is 5.13. The van der Waals surface area contributed by atoms with Crippen molar-refractivity contribution in [2.75, 3.05) is 12.4 Å². The van der Waals surface area contributed by atoms with Crippen LogP contribution in [0.15, 0.2) is 23.8 Å². The number of halogens is 1. The van der Waals surface area contributed by atoms with Crippen LogP contribution in [0.25, 0.3) is 0 Å². The molecule has 0 saturated carbocycles. The minimum absolute atomic E-state index is 0.0801. The molecule has 18 heavy (non-hydrogen) atoms. The van der Waals surface area contributed by atoms with Crippen LogP contribution in [-0.4, -0.2) is 6.67 Å². The SMILES string of the molecule is CC1=CCC(CF)C(c2c(N)ccc(C)c2C)C1. The molecule has 1 nitrogen and oxygen atoms in total. The second-order valence-corrected chi connectivity index (χ2v) is 5.52. The maximum atomic E-state index is 13.2. The molecule has 0 bridgehead atoms. The summed E-state index contributed by atoms with van der Waals surface area (Å²) in [5.74, 6) is 0.316. The standard InChI is InChI=1S/C16H22FN/c1-10-4-6-13(9-17)14(8-10)16-12(3)11(2)5-7-15(16)18/h4-5,7,13-14H,6,8-9,18H2,1-3H3. The van der Waals surface area contributed by atoms with Gasteiger partial charge in [-0.15, -0.1) is 0 Å². The van der Waals surface area contributed by atoms with Gasteiger partial charge in [0.25, 0.3) is 0 Å². The Morgan fingerprint density at radius 3 is 2.67 bits per heavy atom. The van der Waals surface area contributed by atoms with E-state index >= 15 is 0 Å². The van der Waals surface area contributed by atoms with E-state index in [1.54, 1.807) is 0 Å². The van der Waals surface area contributed by atoms with Crippen molar-refractivity contribution in [3.63, 3.8) is 0 Å². The lowest BCUT2D eigenvalue weighted by atomic mass is 9.74. The molecule has 2 N–H and O–H groups in total. The largest absolute Gasteiger partial charge is 0.398 e. The van der Waals surface area contributed by atoms with E-state index < -0.39 is 0 Å². The molecule has 1 aliphatic carbocycles. The highest BCUT2D eigenvalue weighted by molar-refractivity contribution is 5.56. The summed E-state index contributed by atoms with van der Waals surface area (Å²) in [6.45, 7) is 6.06. The molecular weight excluding hydrogens is 225 g/mol. The minimum Gasteiger partial charge on any atom is -0.398 e. The number of nitrogens with two attached hydrogens (primary N) is 1. The Bertz CT molecular complexity index is 476. The van der Waals surface area contributed by atoms with Gasteiger partial charge >= 0.3 is 0 Å². The van der Waals surface area contributed by atoms with Crippen molar-refractivity contribution in [3.05, 3.63) is 40.5 Å². The summed E-state index contributed by atoms with van der Waals surface area (Å²) in [7, 11) is 0. The van der Waals surface area contributed by atoms with Crippen molar-refractivity contribution >= 4 is 5.69 Å². The Hall–Kier alpha value is -1.31. The van der Waals surface area contributed by atoms with Gasteiger partial charge in [-0.2, -0.15) is 0 Å². The molecule has 0 spiro atoms. The summed E-state index contributed by atoms with van der Waals surface area (Å²) < 4.78 is 13.2. The molecule has 0 aromatic heterocycles. The monoisotopic (exact) mass is 247 g/mol. The second-order valence-electron chi connectivity index (χ2n) is 5.52. The molecule has 1 aromatic rings. The fourth-order valence-electron chi connectivity index (χ4n) is 2.97.